The van der Waals surface area contributed by atoms with E-state index in [1.54, 1.807) is 19.1 Å². The maximum Gasteiger partial charge on any atom is 0.254 e. The van der Waals surface area contributed by atoms with E-state index in [2.05, 4.69) is 0 Å². The van der Waals surface area contributed by atoms with Gasteiger partial charge in [-0.1, -0.05) is 23.7 Å². The Bertz CT molecular complexity index is 1070. The molecule has 0 saturated carbocycles. The number of amides is 2. The van der Waals surface area contributed by atoms with E-state index < -0.39 is 5.54 Å². The van der Waals surface area contributed by atoms with Crippen molar-refractivity contribution in [2.75, 3.05) is 27.3 Å². The number of methoxy groups -OCH3 is 2. The molecule has 5 rings (SSSR count). The molecule has 3 heterocycles. The number of ether oxygens (including phenoxy) is 2. The van der Waals surface area contributed by atoms with E-state index in [0.29, 0.717) is 42.5 Å². The Morgan fingerprint density at radius 2 is 1.87 bits per heavy atom. The highest BCUT2D eigenvalue weighted by molar-refractivity contribution is 6.30. The van der Waals surface area contributed by atoms with Gasteiger partial charge < -0.3 is 19.3 Å². The Hall–Kier alpha value is -2.73. The summed E-state index contributed by atoms with van der Waals surface area (Å²) in [6, 6.07) is 11.0. The lowest BCUT2D eigenvalue weighted by Crippen LogP contribution is -2.70. The number of carbonyl (C=O) groups is 2. The number of carbonyl (C=O) groups excluding carboxylic acids is 2. The van der Waals surface area contributed by atoms with E-state index in [4.69, 9.17) is 21.1 Å². The largest absolute Gasteiger partial charge is 0.493 e. The molecule has 0 N–H and O–H groups in total. The molecular formula is C24H25ClN2O4. The van der Waals surface area contributed by atoms with Crippen LogP contribution in [0.5, 0.6) is 11.5 Å². The van der Waals surface area contributed by atoms with E-state index in [-0.39, 0.29) is 17.9 Å². The van der Waals surface area contributed by atoms with Crippen molar-refractivity contribution in [3.63, 3.8) is 0 Å². The summed E-state index contributed by atoms with van der Waals surface area (Å²) in [5.74, 6) is 1.21. The van der Waals surface area contributed by atoms with Gasteiger partial charge >= 0.3 is 0 Å². The average Bonchev–Trinajstić information content (AvgIpc) is 3.27. The lowest BCUT2D eigenvalue weighted by Gasteiger charge is -2.53. The molecule has 0 aliphatic carbocycles. The monoisotopic (exact) mass is 440 g/mol. The lowest BCUT2D eigenvalue weighted by atomic mass is 9.73. The van der Waals surface area contributed by atoms with Gasteiger partial charge in [-0.25, -0.2) is 0 Å². The highest BCUT2D eigenvalue weighted by Gasteiger charge is 2.60. The van der Waals surface area contributed by atoms with Crippen LogP contribution in [0.4, 0.5) is 0 Å². The molecule has 3 aliphatic heterocycles. The van der Waals surface area contributed by atoms with Crippen molar-refractivity contribution in [1.82, 2.24) is 9.80 Å². The van der Waals surface area contributed by atoms with Crippen LogP contribution in [0.3, 0.4) is 0 Å². The standard InChI is InChI=1S/C24H25ClN2O4/c1-30-20-12-16-8-10-27-22(28)19-7-4-9-26(19)23(29)24(27,18(16)13-21(20)31-2)14-15-5-3-6-17(25)11-15/h3,5-6,11-13,19H,4,7-10,14H2,1-2H3/t19-,24+/m0/s1. The Kier molecular flexibility index (Phi) is 4.85. The van der Waals surface area contributed by atoms with Gasteiger partial charge in [0, 0.05) is 24.5 Å². The number of fused-ring (bicyclic) bond motifs is 4. The lowest BCUT2D eigenvalue weighted by molar-refractivity contribution is -0.170. The maximum absolute atomic E-state index is 14.1. The number of rotatable bonds is 4. The second kappa shape index (κ2) is 7.45. The molecule has 3 aliphatic rings. The van der Waals surface area contributed by atoms with Crippen molar-refractivity contribution < 1.29 is 19.1 Å². The first kappa shape index (κ1) is 20.2. The SMILES string of the molecule is COc1cc2c(cc1OC)[C@]1(Cc3cccc(Cl)c3)C(=O)N3CCC[C@H]3C(=O)N1CC2. The number of nitrogens with zero attached hydrogens (tertiary/aromatic N) is 2. The van der Waals surface area contributed by atoms with Crippen LogP contribution in [-0.2, 0) is 28.0 Å². The van der Waals surface area contributed by atoms with Gasteiger partial charge in [-0.15, -0.1) is 0 Å². The van der Waals surface area contributed by atoms with Gasteiger partial charge in [0.25, 0.3) is 5.91 Å². The van der Waals surface area contributed by atoms with Crippen LogP contribution in [0.1, 0.15) is 29.5 Å². The fourth-order valence-corrected chi connectivity index (χ4v) is 5.72. The Morgan fingerprint density at radius 1 is 1.10 bits per heavy atom. The molecule has 2 aromatic rings. The normalized spacial score (nSPS) is 24.5. The highest BCUT2D eigenvalue weighted by atomic mass is 35.5. The third-order valence-electron chi connectivity index (χ3n) is 6.89. The summed E-state index contributed by atoms with van der Waals surface area (Å²) >= 11 is 6.26. The first-order valence-electron chi connectivity index (χ1n) is 10.6. The zero-order chi connectivity index (χ0) is 21.8. The summed E-state index contributed by atoms with van der Waals surface area (Å²) in [5.41, 5.74) is 1.63. The summed E-state index contributed by atoms with van der Waals surface area (Å²) in [6.07, 6.45) is 2.61. The molecule has 2 amide bonds. The summed E-state index contributed by atoms with van der Waals surface area (Å²) in [7, 11) is 3.18. The second-order valence-electron chi connectivity index (χ2n) is 8.43. The van der Waals surface area contributed by atoms with Crippen LogP contribution in [0.25, 0.3) is 0 Å². The highest BCUT2D eigenvalue weighted by Crippen LogP contribution is 2.48. The molecule has 2 saturated heterocycles. The molecule has 6 nitrogen and oxygen atoms in total. The molecule has 2 aromatic carbocycles. The predicted octanol–water partition coefficient (Wildman–Crippen LogP) is 3.18. The van der Waals surface area contributed by atoms with Gasteiger partial charge in [0.2, 0.25) is 5.91 Å². The molecule has 0 spiro atoms. The van der Waals surface area contributed by atoms with Crippen molar-refractivity contribution >= 4 is 23.4 Å². The van der Waals surface area contributed by atoms with Crippen molar-refractivity contribution in [3.05, 3.63) is 58.1 Å². The van der Waals surface area contributed by atoms with E-state index in [1.165, 1.54) is 0 Å². The van der Waals surface area contributed by atoms with Crippen LogP contribution >= 0.6 is 11.6 Å². The second-order valence-corrected chi connectivity index (χ2v) is 8.86. The first-order chi connectivity index (χ1) is 15.0. The molecule has 0 aromatic heterocycles. The van der Waals surface area contributed by atoms with E-state index in [1.807, 2.05) is 41.3 Å². The van der Waals surface area contributed by atoms with Crippen molar-refractivity contribution in [3.8, 4) is 11.5 Å². The molecule has 7 heteroatoms. The van der Waals surface area contributed by atoms with Gasteiger partial charge in [-0.2, -0.15) is 0 Å². The van der Waals surface area contributed by atoms with E-state index in [0.717, 1.165) is 29.5 Å². The molecule has 162 valence electrons. The molecule has 31 heavy (non-hydrogen) atoms. The maximum atomic E-state index is 14.1. The average molecular weight is 441 g/mol. The van der Waals surface area contributed by atoms with Gasteiger partial charge in [0.1, 0.15) is 6.04 Å². The van der Waals surface area contributed by atoms with Crippen LogP contribution in [0, 0.1) is 0 Å². The first-order valence-corrected chi connectivity index (χ1v) is 11.0. The third-order valence-corrected chi connectivity index (χ3v) is 7.12. The Balaban J connectivity index is 1.75. The van der Waals surface area contributed by atoms with E-state index >= 15 is 0 Å². The minimum atomic E-state index is -1.12. The van der Waals surface area contributed by atoms with Crippen LogP contribution in [-0.4, -0.2) is 55.0 Å². The minimum Gasteiger partial charge on any atom is -0.493 e. The van der Waals surface area contributed by atoms with Crippen molar-refractivity contribution in [1.29, 1.82) is 0 Å². The molecule has 0 unspecified atom stereocenters. The smallest absolute Gasteiger partial charge is 0.254 e. The molecular weight excluding hydrogens is 416 g/mol. The number of halogens is 1. The zero-order valence-corrected chi connectivity index (χ0v) is 18.4. The molecule has 2 fully saturated rings. The topological polar surface area (TPSA) is 59.1 Å². The fourth-order valence-electron chi connectivity index (χ4n) is 5.50. The molecule has 0 bridgehead atoms. The Morgan fingerprint density at radius 3 is 2.61 bits per heavy atom. The van der Waals surface area contributed by atoms with Gasteiger partial charge in [-0.05, 0) is 60.2 Å². The van der Waals surface area contributed by atoms with Crippen molar-refractivity contribution in [2.24, 2.45) is 0 Å². The summed E-state index contributed by atoms with van der Waals surface area (Å²) in [6.45, 7) is 1.11. The number of benzene rings is 2. The number of hydrogen-bond acceptors (Lipinski definition) is 4. The Labute approximate surface area is 186 Å². The summed E-state index contributed by atoms with van der Waals surface area (Å²) in [5, 5.41) is 0.609. The van der Waals surface area contributed by atoms with Crippen molar-refractivity contribution in [2.45, 2.75) is 37.3 Å². The minimum absolute atomic E-state index is 0.0113. The van der Waals surface area contributed by atoms with Crippen LogP contribution < -0.4 is 9.47 Å². The molecule has 2 atom stereocenters. The van der Waals surface area contributed by atoms with Crippen LogP contribution in [0.2, 0.25) is 5.02 Å². The quantitative estimate of drug-likeness (QED) is 0.732. The fraction of sp³-hybridized carbons (Fsp3) is 0.417. The van der Waals surface area contributed by atoms with Gasteiger partial charge in [0.05, 0.1) is 14.2 Å². The third kappa shape index (κ3) is 2.92. The van der Waals surface area contributed by atoms with E-state index in [9.17, 15) is 9.59 Å². The summed E-state index contributed by atoms with van der Waals surface area (Å²) < 4.78 is 11.1. The van der Waals surface area contributed by atoms with Gasteiger partial charge in [-0.3, -0.25) is 9.59 Å². The summed E-state index contributed by atoms with van der Waals surface area (Å²) in [4.78, 5) is 31.3. The number of piperazine rings is 1. The predicted molar refractivity (Wildman–Crippen MR) is 117 cm³/mol. The number of hydrogen-bond donors (Lipinski definition) is 0. The van der Waals surface area contributed by atoms with Crippen LogP contribution in [0.15, 0.2) is 36.4 Å². The van der Waals surface area contributed by atoms with Gasteiger partial charge in [0.15, 0.2) is 17.0 Å². The molecule has 0 radical (unpaired) electrons. The zero-order valence-electron chi connectivity index (χ0n) is 17.7.